The number of nitrogens with one attached hydrogen (secondary N) is 1. The maximum atomic E-state index is 12.6. The molecule has 0 bridgehead atoms. The Kier molecular flexibility index (Phi) is 4.98. The van der Waals surface area contributed by atoms with Gasteiger partial charge in [0.2, 0.25) is 0 Å². The average Bonchev–Trinajstić information content (AvgIpc) is 2.79. The maximum absolute atomic E-state index is 12.6. The molecule has 1 atom stereocenters. The van der Waals surface area contributed by atoms with Gasteiger partial charge in [0.15, 0.2) is 5.65 Å². The summed E-state index contributed by atoms with van der Waals surface area (Å²) in [5.74, 6) is -1.47. The van der Waals surface area contributed by atoms with Gasteiger partial charge in [0, 0.05) is 11.4 Å². The molecule has 0 aromatic carbocycles. The molecule has 0 spiro atoms. The van der Waals surface area contributed by atoms with Crippen molar-refractivity contribution in [3.63, 3.8) is 0 Å². The van der Waals surface area contributed by atoms with Crippen molar-refractivity contribution < 1.29 is 14.7 Å². The highest BCUT2D eigenvalue weighted by Gasteiger charge is 2.25. The Morgan fingerprint density at radius 3 is 2.65 bits per heavy atom. The summed E-state index contributed by atoms with van der Waals surface area (Å²) in [5, 5.41) is 16.2. The van der Waals surface area contributed by atoms with E-state index in [-0.39, 0.29) is 0 Å². The Hall–Kier alpha value is -2.44. The summed E-state index contributed by atoms with van der Waals surface area (Å²) in [6, 6.07) is 0.977. The molecule has 23 heavy (non-hydrogen) atoms. The molecular weight excluding hydrogens is 296 g/mol. The van der Waals surface area contributed by atoms with Gasteiger partial charge in [-0.25, -0.2) is 14.3 Å². The van der Waals surface area contributed by atoms with E-state index in [0.29, 0.717) is 23.3 Å². The lowest BCUT2D eigenvalue weighted by Crippen LogP contribution is -2.41. The maximum Gasteiger partial charge on any atom is 0.326 e. The highest BCUT2D eigenvalue weighted by Crippen LogP contribution is 2.16. The Morgan fingerprint density at radius 2 is 2.04 bits per heavy atom. The third-order valence-electron chi connectivity index (χ3n) is 3.75. The average molecular weight is 318 g/mol. The lowest BCUT2D eigenvalue weighted by Gasteiger charge is -2.13. The fourth-order valence-electron chi connectivity index (χ4n) is 2.59. The van der Waals surface area contributed by atoms with Crippen molar-refractivity contribution in [3.05, 3.63) is 28.7 Å². The molecule has 2 heterocycles. The van der Waals surface area contributed by atoms with Gasteiger partial charge in [-0.3, -0.25) is 4.79 Å². The number of carboxylic acid groups (broad SMARTS) is 1. The van der Waals surface area contributed by atoms with Gasteiger partial charge in [0.25, 0.3) is 5.91 Å². The molecule has 1 amide bonds. The van der Waals surface area contributed by atoms with Crippen LogP contribution in [0.2, 0.25) is 0 Å². The van der Waals surface area contributed by atoms with Crippen LogP contribution < -0.4 is 5.32 Å². The number of nitrogens with zero attached hydrogens (tertiary/aromatic N) is 3. The molecule has 0 saturated carbocycles. The van der Waals surface area contributed by atoms with Crippen molar-refractivity contribution in [2.45, 2.75) is 53.0 Å². The molecule has 124 valence electrons. The van der Waals surface area contributed by atoms with E-state index in [9.17, 15) is 14.7 Å². The van der Waals surface area contributed by atoms with Gasteiger partial charge in [-0.15, -0.1) is 0 Å². The Bertz CT molecular complexity index is 751. The first-order valence-corrected chi connectivity index (χ1v) is 7.72. The molecule has 2 rings (SSSR count). The number of rotatable bonds is 6. The zero-order valence-corrected chi connectivity index (χ0v) is 13.9. The highest BCUT2D eigenvalue weighted by atomic mass is 16.4. The smallest absolute Gasteiger partial charge is 0.326 e. The van der Waals surface area contributed by atoms with Crippen LogP contribution in [0.4, 0.5) is 0 Å². The SMILES string of the molecule is CCCC[C@H](NC(=O)c1c(C)nn2c(C)cc(C)nc12)C(=O)O. The third kappa shape index (κ3) is 3.49. The van der Waals surface area contributed by atoms with E-state index < -0.39 is 17.9 Å². The number of carbonyl (C=O) groups is 2. The highest BCUT2D eigenvalue weighted by molar-refractivity contribution is 6.02. The lowest BCUT2D eigenvalue weighted by atomic mass is 10.1. The Balaban J connectivity index is 2.37. The van der Waals surface area contributed by atoms with Gasteiger partial charge < -0.3 is 10.4 Å². The Labute approximate surface area is 134 Å². The predicted octanol–water partition coefficient (Wildman–Crippen LogP) is 2.03. The number of aliphatic carboxylic acids is 1. The minimum absolute atomic E-state index is 0.333. The predicted molar refractivity (Wildman–Crippen MR) is 85.6 cm³/mol. The summed E-state index contributed by atoms with van der Waals surface area (Å²) < 4.78 is 1.61. The molecule has 0 aliphatic heterocycles. The minimum Gasteiger partial charge on any atom is -0.480 e. The minimum atomic E-state index is -1.03. The van der Waals surface area contributed by atoms with Crippen molar-refractivity contribution in [1.82, 2.24) is 19.9 Å². The second-order valence-corrected chi connectivity index (χ2v) is 5.74. The monoisotopic (exact) mass is 318 g/mol. The van der Waals surface area contributed by atoms with Crippen molar-refractivity contribution in [1.29, 1.82) is 0 Å². The van der Waals surface area contributed by atoms with Crippen LogP contribution in [0.5, 0.6) is 0 Å². The third-order valence-corrected chi connectivity index (χ3v) is 3.75. The van der Waals surface area contributed by atoms with E-state index >= 15 is 0 Å². The topological polar surface area (TPSA) is 96.6 Å². The number of hydrogen-bond acceptors (Lipinski definition) is 4. The number of carbonyl (C=O) groups excluding carboxylic acids is 1. The fourth-order valence-corrected chi connectivity index (χ4v) is 2.59. The standard InChI is InChI=1S/C16H22N4O3/c1-5-6-7-12(16(22)23)18-15(21)13-11(4)19-20-10(3)8-9(2)17-14(13)20/h8,12H,5-7H2,1-4H3,(H,18,21)(H,22,23)/t12-/m0/s1. The fraction of sp³-hybridized carbons (Fsp3) is 0.500. The first-order chi connectivity index (χ1) is 10.8. The van der Waals surface area contributed by atoms with Crippen LogP contribution in [0, 0.1) is 20.8 Å². The lowest BCUT2D eigenvalue weighted by molar-refractivity contribution is -0.139. The normalized spacial score (nSPS) is 12.3. The number of unbranched alkanes of at least 4 members (excludes halogenated alkanes) is 1. The van der Waals surface area contributed by atoms with Gasteiger partial charge in [-0.05, 0) is 33.3 Å². The first-order valence-electron chi connectivity index (χ1n) is 7.72. The molecule has 0 aliphatic carbocycles. The molecule has 7 heteroatoms. The summed E-state index contributed by atoms with van der Waals surface area (Å²) in [5.41, 5.74) is 2.97. The second kappa shape index (κ2) is 6.76. The van der Waals surface area contributed by atoms with Gasteiger partial charge in [0.05, 0.1) is 5.69 Å². The number of aromatic nitrogens is 3. The molecule has 0 unspecified atom stereocenters. The van der Waals surface area contributed by atoms with Crippen LogP contribution >= 0.6 is 0 Å². The zero-order valence-electron chi connectivity index (χ0n) is 13.9. The second-order valence-electron chi connectivity index (χ2n) is 5.74. The number of carboxylic acids is 1. The van der Waals surface area contributed by atoms with Gasteiger partial charge >= 0.3 is 5.97 Å². The summed E-state index contributed by atoms with van der Waals surface area (Å²) in [6.07, 6.45) is 2.01. The number of hydrogen-bond donors (Lipinski definition) is 2. The van der Waals surface area contributed by atoms with Crippen molar-refractivity contribution in [2.24, 2.45) is 0 Å². The molecular formula is C16H22N4O3. The zero-order chi connectivity index (χ0) is 17.1. The quantitative estimate of drug-likeness (QED) is 0.849. The molecule has 0 aliphatic rings. The summed E-state index contributed by atoms with van der Waals surface area (Å²) in [6.45, 7) is 7.43. The molecule has 0 fully saturated rings. The van der Waals surface area contributed by atoms with Crippen LogP contribution in [0.15, 0.2) is 6.07 Å². The number of amides is 1. The number of fused-ring (bicyclic) bond motifs is 1. The van der Waals surface area contributed by atoms with E-state index in [1.165, 1.54) is 0 Å². The van der Waals surface area contributed by atoms with Crippen LogP contribution in [-0.2, 0) is 4.79 Å². The Morgan fingerprint density at radius 1 is 1.35 bits per heavy atom. The van der Waals surface area contributed by atoms with Crippen molar-refractivity contribution in [2.75, 3.05) is 0 Å². The first kappa shape index (κ1) is 16.9. The van der Waals surface area contributed by atoms with Crippen LogP contribution in [0.3, 0.4) is 0 Å². The largest absolute Gasteiger partial charge is 0.480 e. The molecule has 2 N–H and O–H groups in total. The summed E-state index contributed by atoms with van der Waals surface area (Å²) in [7, 11) is 0. The summed E-state index contributed by atoms with van der Waals surface area (Å²) in [4.78, 5) is 28.3. The van der Waals surface area contributed by atoms with Crippen molar-refractivity contribution in [3.8, 4) is 0 Å². The van der Waals surface area contributed by atoms with E-state index in [1.54, 1.807) is 11.4 Å². The molecule has 0 saturated heterocycles. The van der Waals surface area contributed by atoms with Crippen LogP contribution in [-0.4, -0.2) is 37.6 Å². The molecule has 2 aromatic heterocycles. The molecule has 7 nitrogen and oxygen atoms in total. The van der Waals surface area contributed by atoms with Gasteiger partial charge in [-0.2, -0.15) is 5.10 Å². The summed E-state index contributed by atoms with van der Waals surface area (Å²) >= 11 is 0. The van der Waals surface area contributed by atoms with E-state index in [0.717, 1.165) is 24.2 Å². The van der Waals surface area contributed by atoms with Crippen LogP contribution in [0.1, 0.15) is 53.6 Å². The van der Waals surface area contributed by atoms with Crippen LogP contribution in [0.25, 0.3) is 5.65 Å². The van der Waals surface area contributed by atoms with Crippen molar-refractivity contribution >= 4 is 17.5 Å². The van der Waals surface area contributed by atoms with Gasteiger partial charge in [0.1, 0.15) is 11.6 Å². The molecule has 0 radical (unpaired) electrons. The molecule has 2 aromatic rings. The van der Waals surface area contributed by atoms with Gasteiger partial charge in [-0.1, -0.05) is 19.8 Å². The van der Waals surface area contributed by atoms with E-state index in [4.69, 9.17) is 0 Å². The van der Waals surface area contributed by atoms with E-state index in [2.05, 4.69) is 15.4 Å². The number of aryl methyl sites for hydroxylation is 3. The van der Waals surface area contributed by atoms with E-state index in [1.807, 2.05) is 26.8 Å².